The fourth-order valence-electron chi connectivity index (χ4n) is 2.68. The monoisotopic (exact) mass is 328 g/mol. The van der Waals surface area contributed by atoms with Gasteiger partial charge >= 0.3 is 0 Å². The molecule has 0 saturated carbocycles. The van der Waals surface area contributed by atoms with Crippen LogP contribution in [-0.2, 0) is 6.42 Å². The van der Waals surface area contributed by atoms with E-state index in [4.69, 9.17) is 10.5 Å². The predicted octanol–water partition coefficient (Wildman–Crippen LogP) is 3.88. The number of anilines is 2. The normalized spacial score (nSPS) is 10.7. The third-order valence-electron chi connectivity index (χ3n) is 4.23. The second-order valence-electron chi connectivity index (χ2n) is 6.10. The average molecular weight is 328 g/mol. The number of aromatic nitrogens is 2. The maximum absolute atomic E-state index is 6.19. The van der Waals surface area contributed by atoms with Gasteiger partial charge in [0, 0.05) is 24.2 Å². The number of nitrogens with one attached hydrogen (secondary N) is 1. The number of rotatable bonds is 8. The van der Waals surface area contributed by atoms with Crippen LogP contribution in [0.1, 0.15) is 48.6 Å². The van der Waals surface area contributed by atoms with Crippen LogP contribution in [0.25, 0.3) is 0 Å². The van der Waals surface area contributed by atoms with Gasteiger partial charge in [0.25, 0.3) is 0 Å². The molecule has 24 heavy (non-hydrogen) atoms. The van der Waals surface area contributed by atoms with Crippen molar-refractivity contribution in [2.24, 2.45) is 0 Å². The maximum Gasteiger partial charge on any atom is 0.224 e. The van der Waals surface area contributed by atoms with Crippen LogP contribution in [0, 0.1) is 13.8 Å². The molecule has 0 atom stereocenters. The largest absolute Gasteiger partial charge is 0.497 e. The first kappa shape index (κ1) is 18.0. The Morgan fingerprint density at radius 1 is 1.17 bits per heavy atom. The van der Waals surface area contributed by atoms with E-state index in [2.05, 4.69) is 35.2 Å². The van der Waals surface area contributed by atoms with Crippen molar-refractivity contribution in [1.82, 2.24) is 9.97 Å². The molecule has 0 bridgehead atoms. The van der Waals surface area contributed by atoms with E-state index < -0.39 is 0 Å². The Morgan fingerprint density at radius 2 is 1.96 bits per heavy atom. The minimum absolute atomic E-state index is 0.552. The third kappa shape index (κ3) is 4.60. The van der Waals surface area contributed by atoms with Crippen molar-refractivity contribution in [3.63, 3.8) is 0 Å². The molecule has 0 amide bonds. The van der Waals surface area contributed by atoms with Crippen LogP contribution in [0.3, 0.4) is 0 Å². The van der Waals surface area contributed by atoms with Crippen LogP contribution >= 0.6 is 0 Å². The Hall–Kier alpha value is -2.30. The first-order valence-corrected chi connectivity index (χ1v) is 8.55. The van der Waals surface area contributed by atoms with Gasteiger partial charge < -0.3 is 15.8 Å². The molecule has 1 heterocycles. The summed E-state index contributed by atoms with van der Waals surface area (Å²) in [5, 5.41) is 3.26. The Morgan fingerprint density at radius 3 is 2.58 bits per heavy atom. The third-order valence-corrected chi connectivity index (χ3v) is 4.23. The van der Waals surface area contributed by atoms with Gasteiger partial charge in [-0.2, -0.15) is 4.98 Å². The highest BCUT2D eigenvalue weighted by molar-refractivity contribution is 5.50. The van der Waals surface area contributed by atoms with E-state index in [9.17, 15) is 0 Å². The molecule has 3 N–H and O–H groups in total. The van der Waals surface area contributed by atoms with Gasteiger partial charge in [-0.05, 0) is 43.5 Å². The number of aryl methyl sites for hydroxylation is 2. The Labute approximate surface area is 144 Å². The molecule has 0 fully saturated rings. The highest BCUT2D eigenvalue weighted by atomic mass is 16.5. The summed E-state index contributed by atoms with van der Waals surface area (Å²) < 4.78 is 5.26. The van der Waals surface area contributed by atoms with Crippen molar-refractivity contribution in [2.45, 2.75) is 46.5 Å². The molecule has 0 unspecified atom stereocenters. The molecule has 2 aromatic rings. The summed E-state index contributed by atoms with van der Waals surface area (Å²) in [6.45, 7) is 7.13. The van der Waals surface area contributed by atoms with Crippen molar-refractivity contribution in [3.8, 4) is 5.75 Å². The number of hydrogen-bond donors (Lipinski definition) is 2. The van der Waals surface area contributed by atoms with Crippen LogP contribution in [0.15, 0.2) is 18.2 Å². The lowest BCUT2D eigenvalue weighted by Gasteiger charge is -2.13. The van der Waals surface area contributed by atoms with Crippen LogP contribution < -0.4 is 15.8 Å². The van der Waals surface area contributed by atoms with Crippen molar-refractivity contribution in [1.29, 1.82) is 0 Å². The quantitative estimate of drug-likeness (QED) is 0.720. The molecule has 5 heteroatoms. The average Bonchev–Trinajstić information content (AvgIpc) is 2.56. The Kier molecular flexibility index (Phi) is 6.41. The second-order valence-corrected chi connectivity index (χ2v) is 6.10. The van der Waals surface area contributed by atoms with Crippen LogP contribution in [0.5, 0.6) is 5.75 Å². The summed E-state index contributed by atoms with van der Waals surface area (Å²) in [5.74, 6) is 2.04. The minimum atomic E-state index is 0.552. The smallest absolute Gasteiger partial charge is 0.224 e. The lowest BCUT2D eigenvalue weighted by atomic mass is 10.00. The topological polar surface area (TPSA) is 73.1 Å². The summed E-state index contributed by atoms with van der Waals surface area (Å²) in [5.41, 5.74) is 10.5. The molecule has 130 valence electrons. The van der Waals surface area contributed by atoms with Gasteiger partial charge in [0.2, 0.25) is 5.95 Å². The predicted molar refractivity (Wildman–Crippen MR) is 99.7 cm³/mol. The van der Waals surface area contributed by atoms with E-state index in [-0.39, 0.29) is 0 Å². The van der Waals surface area contributed by atoms with Gasteiger partial charge in [-0.1, -0.05) is 25.8 Å². The SMILES string of the molecule is CCCCCNc1nc(C)c(Cc2ccc(OC)cc2C)c(N)n1. The number of nitrogens with zero attached hydrogens (tertiary/aromatic N) is 2. The van der Waals surface area contributed by atoms with Gasteiger partial charge in [-0.15, -0.1) is 0 Å². The summed E-state index contributed by atoms with van der Waals surface area (Å²) in [7, 11) is 1.68. The standard InChI is InChI=1S/C19H28N4O/c1-5-6-7-10-21-19-22-14(3)17(18(20)23-19)12-15-8-9-16(24-4)11-13(15)2/h8-9,11H,5-7,10,12H2,1-4H3,(H3,20,21,22,23). The van der Waals surface area contributed by atoms with E-state index in [1.54, 1.807) is 7.11 Å². The maximum atomic E-state index is 6.19. The number of unbranched alkanes of at least 4 members (excludes halogenated alkanes) is 2. The molecular formula is C19H28N4O. The Bertz CT molecular complexity index is 662. The number of methoxy groups -OCH3 is 1. The number of nitrogen functional groups attached to an aromatic ring is 1. The zero-order chi connectivity index (χ0) is 17.5. The highest BCUT2D eigenvalue weighted by Gasteiger charge is 2.11. The van der Waals surface area contributed by atoms with Crippen LogP contribution in [-0.4, -0.2) is 23.6 Å². The zero-order valence-corrected chi connectivity index (χ0v) is 15.1. The summed E-state index contributed by atoms with van der Waals surface area (Å²) >= 11 is 0. The van der Waals surface area contributed by atoms with E-state index in [1.165, 1.54) is 24.0 Å². The molecule has 0 radical (unpaired) electrons. The lowest BCUT2D eigenvalue weighted by molar-refractivity contribution is 0.414. The number of ether oxygens (including phenoxy) is 1. The van der Waals surface area contributed by atoms with Crippen LogP contribution in [0.4, 0.5) is 11.8 Å². The molecule has 0 spiro atoms. The number of benzene rings is 1. The molecule has 1 aromatic heterocycles. The van der Waals surface area contributed by atoms with Gasteiger partial charge in [0.05, 0.1) is 7.11 Å². The molecule has 0 aliphatic carbocycles. The van der Waals surface area contributed by atoms with Crippen molar-refractivity contribution in [2.75, 3.05) is 24.7 Å². The zero-order valence-electron chi connectivity index (χ0n) is 15.1. The van der Waals surface area contributed by atoms with Crippen molar-refractivity contribution < 1.29 is 4.74 Å². The summed E-state index contributed by atoms with van der Waals surface area (Å²) in [6, 6.07) is 6.08. The molecule has 1 aromatic carbocycles. The van der Waals surface area contributed by atoms with Gasteiger partial charge in [0.15, 0.2) is 0 Å². The van der Waals surface area contributed by atoms with Crippen LogP contribution in [0.2, 0.25) is 0 Å². The number of hydrogen-bond acceptors (Lipinski definition) is 5. The minimum Gasteiger partial charge on any atom is -0.497 e. The first-order chi connectivity index (χ1) is 11.5. The molecule has 0 aliphatic heterocycles. The van der Waals surface area contributed by atoms with E-state index in [0.717, 1.165) is 36.4 Å². The fraction of sp³-hybridized carbons (Fsp3) is 0.474. The number of nitrogens with two attached hydrogens (primary N) is 1. The van der Waals surface area contributed by atoms with Crippen molar-refractivity contribution >= 4 is 11.8 Å². The molecule has 5 nitrogen and oxygen atoms in total. The Balaban J connectivity index is 2.13. The summed E-state index contributed by atoms with van der Waals surface area (Å²) in [6.07, 6.45) is 4.25. The van der Waals surface area contributed by atoms with Gasteiger partial charge in [-0.3, -0.25) is 0 Å². The van der Waals surface area contributed by atoms with Crippen molar-refractivity contribution in [3.05, 3.63) is 40.6 Å². The van der Waals surface area contributed by atoms with E-state index in [1.807, 2.05) is 19.1 Å². The van der Waals surface area contributed by atoms with Gasteiger partial charge in [0.1, 0.15) is 11.6 Å². The highest BCUT2D eigenvalue weighted by Crippen LogP contribution is 2.23. The summed E-state index contributed by atoms with van der Waals surface area (Å²) in [4.78, 5) is 8.99. The van der Waals surface area contributed by atoms with E-state index in [0.29, 0.717) is 11.8 Å². The van der Waals surface area contributed by atoms with Gasteiger partial charge in [-0.25, -0.2) is 4.98 Å². The first-order valence-electron chi connectivity index (χ1n) is 8.55. The molecule has 0 aliphatic rings. The fourth-order valence-corrected chi connectivity index (χ4v) is 2.68. The second kappa shape index (κ2) is 8.52. The lowest BCUT2D eigenvalue weighted by Crippen LogP contribution is -2.11. The molecule has 0 saturated heterocycles. The van der Waals surface area contributed by atoms with E-state index >= 15 is 0 Å². The molecular weight excluding hydrogens is 300 g/mol. The molecule has 2 rings (SSSR count).